The average molecular weight is 228 g/mol. The van der Waals surface area contributed by atoms with Gasteiger partial charge in [0.1, 0.15) is 6.54 Å². The summed E-state index contributed by atoms with van der Waals surface area (Å²) in [6, 6.07) is 10.5. The molecule has 0 bridgehead atoms. The molecule has 0 aliphatic heterocycles. The molecule has 1 aromatic rings. The Hall–Kier alpha value is -0.340. The second-order valence-corrected chi connectivity index (χ2v) is 3.83. The van der Waals surface area contributed by atoms with E-state index in [-0.39, 0.29) is 0 Å². The maximum atomic E-state index is 3.51. The van der Waals surface area contributed by atoms with E-state index in [1.54, 1.807) is 0 Å². The van der Waals surface area contributed by atoms with Crippen molar-refractivity contribution in [2.45, 2.75) is 19.9 Å². The molecule has 0 aromatic heterocycles. The molecule has 12 heavy (non-hydrogen) atoms. The highest BCUT2D eigenvalue weighted by atomic mass is 79.9. The zero-order valence-corrected chi connectivity index (χ0v) is 8.92. The van der Waals surface area contributed by atoms with Crippen molar-refractivity contribution in [2.24, 2.45) is 0 Å². The van der Waals surface area contributed by atoms with Crippen molar-refractivity contribution in [3.05, 3.63) is 35.9 Å². The van der Waals surface area contributed by atoms with Crippen LogP contribution in [-0.2, 0) is 6.54 Å². The van der Waals surface area contributed by atoms with Gasteiger partial charge in [-0.1, -0.05) is 41.2 Å². The molecule has 0 atom stereocenters. The van der Waals surface area contributed by atoms with E-state index >= 15 is 0 Å². The summed E-state index contributed by atoms with van der Waals surface area (Å²) in [5.41, 5.74) is 1.35. The molecular weight excluding hydrogens is 214 g/mol. The molecule has 1 rings (SSSR count). The van der Waals surface area contributed by atoms with E-state index in [0.717, 1.165) is 13.1 Å². The highest BCUT2D eigenvalue weighted by molar-refractivity contribution is 9.08. The van der Waals surface area contributed by atoms with Crippen LogP contribution in [0.15, 0.2) is 30.3 Å². The molecule has 1 nitrogen and oxygen atoms in total. The van der Waals surface area contributed by atoms with Crippen molar-refractivity contribution < 1.29 is 0 Å². The lowest BCUT2D eigenvalue weighted by Gasteiger charge is -2.01. The smallest absolute Gasteiger partial charge is 0.0923 e. The van der Waals surface area contributed by atoms with Gasteiger partial charge in [-0.25, -0.2) is 0 Å². The zero-order valence-electron chi connectivity index (χ0n) is 7.33. The minimum Gasteiger partial charge on any atom is -0.0923 e. The Morgan fingerprint density at radius 1 is 1.25 bits per heavy atom. The average Bonchev–Trinajstić information content (AvgIpc) is 2.06. The van der Waals surface area contributed by atoms with Gasteiger partial charge in [-0.15, -0.1) is 0 Å². The van der Waals surface area contributed by atoms with Crippen LogP contribution in [-0.4, -0.2) is 6.54 Å². The van der Waals surface area contributed by atoms with Crippen molar-refractivity contribution in [1.82, 2.24) is 3.93 Å². The Kier molecular flexibility index (Phi) is 4.33. The lowest BCUT2D eigenvalue weighted by atomic mass is 10.2. The third kappa shape index (κ3) is 3.37. The molecule has 0 saturated heterocycles. The van der Waals surface area contributed by atoms with Crippen LogP contribution in [0.2, 0.25) is 0 Å². The summed E-state index contributed by atoms with van der Waals surface area (Å²) in [6.07, 6.45) is 1.18. The SMILES string of the molecule is CCC[N+](Br)Cc1ccccc1. The maximum Gasteiger partial charge on any atom is 0.287 e. The van der Waals surface area contributed by atoms with Crippen molar-refractivity contribution in [3.63, 3.8) is 0 Å². The number of hydrogen-bond donors (Lipinski definition) is 0. The standard InChI is InChI=1S/C10H14BrN/c1-2-8-12(11)9-10-6-4-3-5-7-10/h3-7H,2,8-9H2,1H3/q+1. The largest absolute Gasteiger partial charge is 0.287 e. The summed E-state index contributed by atoms with van der Waals surface area (Å²) in [5, 5.41) is 0. The van der Waals surface area contributed by atoms with Gasteiger partial charge in [-0.05, 0) is 6.42 Å². The van der Waals surface area contributed by atoms with Gasteiger partial charge in [0.2, 0.25) is 0 Å². The van der Waals surface area contributed by atoms with Gasteiger partial charge in [0.15, 0.2) is 6.54 Å². The van der Waals surface area contributed by atoms with E-state index < -0.39 is 0 Å². The van der Waals surface area contributed by atoms with Gasteiger partial charge < -0.3 is 0 Å². The van der Waals surface area contributed by atoms with Crippen molar-refractivity contribution in [2.75, 3.05) is 6.54 Å². The van der Waals surface area contributed by atoms with Crippen molar-refractivity contribution in [1.29, 1.82) is 0 Å². The van der Waals surface area contributed by atoms with Gasteiger partial charge in [-0.3, -0.25) is 0 Å². The Balaban J connectivity index is 2.41. The van der Waals surface area contributed by atoms with Gasteiger partial charge in [0.25, 0.3) is 16.1 Å². The molecule has 2 heteroatoms. The van der Waals surface area contributed by atoms with Crippen LogP contribution >= 0.6 is 16.1 Å². The van der Waals surface area contributed by atoms with Crippen molar-refractivity contribution in [3.8, 4) is 0 Å². The zero-order chi connectivity index (χ0) is 8.81. The van der Waals surface area contributed by atoms with Crippen LogP contribution in [0.1, 0.15) is 18.9 Å². The summed E-state index contributed by atoms with van der Waals surface area (Å²) < 4.78 is 2.16. The Morgan fingerprint density at radius 2 is 1.92 bits per heavy atom. The summed E-state index contributed by atoms with van der Waals surface area (Å²) >= 11 is 3.51. The van der Waals surface area contributed by atoms with Gasteiger partial charge in [-0.2, -0.15) is 0 Å². The second-order valence-electron chi connectivity index (χ2n) is 2.83. The normalized spacial score (nSPS) is 10.6. The van der Waals surface area contributed by atoms with E-state index in [4.69, 9.17) is 0 Å². The van der Waals surface area contributed by atoms with Crippen LogP contribution in [0.4, 0.5) is 0 Å². The highest BCUT2D eigenvalue weighted by Gasteiger charge is 2.09. The first-order valence-electron chi connectivity index (χ1n) is 4.27. The van der Waals surface area contributed by atoms with Gasteiger partial charge in [0.05, 0.1) is 0 Å². The van der Waals surface area contributed by atoms with Gasteiger partial charge in [0, 0.05) is 5.56 Å². The highest BCUT2D eigenvalue weighted by Crippen LogP contribution is 2.05. The molecule has 0 spiro atoms. The Morgan fingerprint density at radius 3 is 2.50 bits per heavy atom. The summed E-state index contributed by atoms with van der Waals surface area (Å²) in [6.45, 7) is 4.25. The monoisotopic (exact) mass is 227 g/mol. The molecule has 0 fully saturated rings. The quantitative estimate of drug-likeness (QED) is 0.698. The number of halogens is 1. The lowest BCUT2D eigenvalue weighted by Crippen LogP contribution is -2.17. The number of rotatable bonds is 4. The van der Waals surface area contributed by atoms with Crippen LogP contribution in [0, 0.1) is 0 Å². The van der Waals surface area contributed by atoms with Crippen LogP contribution in [0.25, 0.3) is 0 Å². The molecule has 1 radical (unpaired) electrons. The minimum atomic E-state index is 0.981. The first-order valence-corrected chi connectivity index (χ1v) is 4.98. The fourth-order valence-corrected chi connectivity index (χ4v) is 1.75. The fraction of sp³-hybridized carbons (Fsp3) is 0.400. The first kappa shape index (κ1) is 9.75. The topological polar surface area (TPSA) is 5.90 Å². The van der Waals surface area contributed by atoms with Crippen LogP contribution in [0.3, 0.4) is 0 Å². The Bertz CT molecular complexity index is 210. The second kappa shape index (κ2) is 5.33. The number of benzene rings is 1. The third-order valence-corrected chi connectivity index (χ3v) is 2.27. The molecule has 0 saturated carbocycles. The predicted octanol–water partition coefficient (Wildman–Crippen LogP) is 3.05. The summed E-state index contributed by atoms with van der Waals surface area (Å²) in [7, 11) is 0. The van der Waals surface area contributed by atoms with E-state index in [1.165, 1.54) is 12.0 Å². The molecule has 0 aliphatic rings. The van der Waals surface area contributed by atoms with E-state index in [0.29, 0.717) is 0 Å². The molecule has 0 amide bonds. The lowest BCUT2D eigenvalue weighted by molar-refractivity contribution is 0.614. The van der Waals surface area contributed by atoms with Crippen molar-refractivity contribution >= 4 is 16.1 Å². The molecule has 0 N–H and O–H groups in total. The summed E-state index contributed by atoms with van der Waals surface area (Å²) in [5.74, 6) is 0. The minimum absolute atomic E-state index is 0.981. The maximum absolute atomic E-state index is 3.51. The molecule has 1 aromatic carbocycles. The van der Waals surface area contributed by atoms with Crippen LogP contribution < -0.4 is 3.93 Å². The molecule has 0 unspecified atom stereocenters. The van der Waals surface area contributed by atoms with E-state index in [1.807, 2.05) is 6.07 Å². The number of hydrogen-bond acceptors (Lipinski definition) is 1. The molecule has 0 heterocycles. The summed E-state index contributed by atoms with van der Waals surface area (Å²) in [4.78, 5) is 0. The van der Waals surface area contributed by atoms with Crippen LogP contribution in [0.5, 0.6) is 0 Å². The molecule has 65 valence electrons. The molecular formula is C10H14BrN+. The molecule has 0 aliphatic carbocycles. The van der Waals surface area contributed by atoms with E-state index in [2.05, 4.69) is 51.3 Å². The van der Waals surface area contributed by atoms with E-state index in [9.17, 15) is 0 Å². The first-order chi connectivity index (χ1) is 5.83. The Labute approximate surface area is 82.7 Å². The predicted molar refractivity (Wildman–Crippen MR) is 56.4 cm³/mol. The van der Waals surface area contributed by atoms with Gasteiger partial charge >= 0.3 is 0 Å². The fourth-order valence-electron chi connectivity index (χ4n) is 1.10. The number of nitrogens with zero attached hydrogens (tertiary/aromatic N) is 1. The third-order valence-electron chi connectivity index (χ3n) is 1.66.